The van der Waals surface area contributed by atoms with E-state index in [0.717, 1.165) is 4.90 Å². The summed E-state index contributed by atoms with van der Waals surface area (Å²) in [6.07, 6.45) is 0.436. The minimum Gasteiger partial charge on any atom is -0.480 e. The number of nitrogens with zero attached hydrogens (tertiary/aromatic N) is 1. The molecule has 1 aliphatic heterocycles. The number of β-amino-alcohol motifs (C(OH)–C–C–N with tert-alkyl or cyclic N) is 1. The number of carbonyl (C=O) groups excluding carboxylic acids is 1. The molecule has 0 unspecified atom stereocenters. The average Bonchev–Trinajstić information content (AvgIpc) is 2.55. The van der Waals surface area contributed by atoms with Gasteiger partial charge < -0.3 is 14.9 Å². The molecule has 6 nitrogen and oxygen atoms in total. The van der Waals surface area contributed by atoms with Crippen LogP contribution in [0.15, 0.2) is 12.7 Å². The zero-order valence-electron chi connectivity index (χ0n) is 10.8. The van der Waals surface area contributed by atoms with Gasteiger partial charge in [0.1, 0.15) is 17.2 Å². The number of ether oxygens (including phenoxy) is 1. The lowest BCUT2D eigenvalue weighted by atomic mass is 10.0. The first-order valence-electron chi connectivity index (χ1n) is 5.66. The van der Waals surface area contributed by atoms with Crippen molar-refractivity contribution in [1.29, 1.82) is 0 Å². The van der Waals surface area contributed by atoms with Gasteiger partial charge >= 0.3 is 12.1 Å². The van der Waals surface area contributed by atoms with Crippen LogP contribution >= 0.6 is 0 Å². The molecule has 18 heavy (non-hydrogen) atoms. The Morgan fingerprint density at radius 1 is 1.50 bits per heavy atom. The van der Waals surface area contributed by atoms with Crippen LogP contribution in [0, 0.1) is 0 Å². The van der Waals surface area contributed by atoms with E-state index in [1.807, 2.05) is 0 Å². The minimum absolute atomic E-state index is 0.0783. The molecule has 0 aromatic carbocycles. The predicted molar refractivity (Wildman–Crippen MR) is 64.1 cm³/mol. The van der Waals surface area contributed by atoms with Crippen molar-refractivity contribution in [1.82, 2.24) is 4.90 Å². The van der Waals surface area contributed by atoms with Gasteiger partial charge in [0.2, 0.25) is 0 Å². The maximum atomic E-state index is 11.9. The van der Waals surface area contributed by atoms with E-state index in [-0.39, 0.29) is 13.0 Å². The first-order valence-corrected chi connectivity index (χ1v) is 5.66. The van der Waals surface area contributed by atoms with Crippen molar-refractivity contribution in [3.8, 4) is 0 Å². The number of aliphatic carboxylic acids is 1. The average molecular weight is 257 g/mol. The molecule has 0 aromatic rings. The SMILES string of the molecule is C=C[C@@]1(O)C[C@H](C(=O)O)N(C(=O)OC(C)(C)C)C1. The second-order valence-corrected chi connectivity index (χ2v) is 5.47. The van der Waals surface area contributed by atoms with Crippen LogP contribution in [0.1, 0.15) is 27.2 Å². The fourth-order valence-electron chi connectivity index (χ4n) is 1.80. The molecule has 0 aromatic heterocycles. The van der Waals surface area contributed by atoms with Crippen molar-refractivity contribution in [2.45, 2.75) is 44.4 Å². The van der Waals surface area contributed by atoms with Crippen LogP contribution < -0.4 is 0 Å². The van der Waals surface area contributed by atoms with Crippen molar-refractivity contribution in [2.75, 3.05) is 6.54 Å². The van der Waals surface area contributed by atoms with Crippen molar-refractivity contribution < 1.29 is 24.5 Å². The number of carboxylic acid groups (broad SMARTS) is 1. The van der Waals surface area contributed by atoms with E-state index in [1.54, 1.807) is 20.8 Å². The Bertz CT molecular complexity index is 373. The van der Waals surface area contributed by atoms with Crippen LogP contribution in [0.2, 0.25) is 0 Å². The molecule has 1 amide bonds. The molecule has 0 saturated carbocycles. The number of amides is 1. The van der Waals surface area contributed by atoms with E-state index in [2.05, 4.69) is 6.58 Å². The van der Waals surface area contributed by atoms with Crippen LogP contribution in [-0.2, 0) is 9.53 Å². The molecule has 6 heteroatoms. The number of hydrogen-bond donors (Lipinski definition) is 2. The van der Waals surface area contributed by atoms with Gasteiger partial charge in [0.15, 0.2) is 0 Å². The molecule has 102 valence electrons. The Balaban J connectivity index is 2.89. The monoisotopic (exact) mass is 257 g/mol. The molecule has 2 atom stereocenters. The molecule has 1 aliphatic rings. The molecule has 1 rings (SSSR count). The lowest BCUT2D eigenvalue weighted by Crippen LogP contribution is -2.43. The molecular formula is C12H19NO5. The van der Waals surface area contributed by atoms with Gasteiger partial charge in [0.25, 0.3) is 0 Å². The van der Waals surface area contributed by atoms with Crippen LogP contribution in [0.4, 0.5) is 4.79 Å². The summed E-state index contributed by atoms with van der Waals surface area (Å²) in [6.45, 7) is 8.40. The van der Waals surface area contributed by atoms with Gasteiger partial charge in [-0.2, -0.15) is 0 Å². The second-order valence-electron chi connectivity index (χ2n) is 5.47. The van der Waals surface area contributed by atoms with Gasteiger partial charge in [-0.05, 0) is 20.8 Å². The lowest BCUT2D eigenvalue weighted by molar-refractivity contribution is -0.142. The molecule has 0 bridgehead atoms. The van der Waals surface area contributed by atoms with Gasteiger partial charge in [-0.3, -0.25) is 4.90 Å². The van der Waals surface area contributed by atoms with E-state index in [1.165, 1.54) is 6.08 Å². The number of carbonyl (C=O) groups is 2. The van der Waals surface area contributed by atoms with Crippen LogP contribution in [0.5, 0.6) is 0 Å². The van der Waals surface area contributed by atoms with Gasteiger partial charge in [-0.15, -0.1) is 6.58 Å². The second kappa shape index (κ2) is 4.61. The Morgan fingerprint density at radius 2 is 2.06 bits per heavy atom. The summed E-state index contributed by atoms with van der Waals surface area (Å²) in [5.41, 5.74) is -2.09. The zero-order chi connectivity index (χ0) is 14.1. The summed E-state index contributed by atoms with van der Waals surface area (Å²) in [7, 11) is 0. The number of aliphatic hydroxyl groups is 1. The normalized spacial score (nSPS) is 28.0. The third-order valence-corrected chi connectivity index (χ3v) is 2.66. The molecule has 1 heterocycles. The first kappa shape index (κ1) is 14.5. The van der Waals surface area contributed by atoms with Crippen molar-refractivity contribution in [3.05, 3.63) is 12.7 Å². The smallest absolute Gasteiger partial charge is 0.411 e. The highest BCUT2D eigenvalue weighted by Gasteiger charge is 2.47. The molecule has 1 fully saturated rings. The highest BCUT2D eigenvalue weighted by Crippen LogP contribution is 2.29. The third kappa shape index (κ3) is 3.22. The van der Waals surface area contributed by atoms with Crippen molar-refractivity contribution in [3.63, 3.8) is 0 Å². The minimum atomic E-state index is -1.38. The predicted octanol–water partition coefficient (Wildman–Crippen LogP) is 0.998. The highest BCUT2D eigenvalue weighted by atomic mass is 16.6. The van der Waals surface area contributed by atoms with E-state index >= 15 is 0 Å². The van der Waals surface area contributed by atoms with E-state index < -0.39 is 29.3 Å². The summed E-state index contributed by atoms with van der Waals surface area (Å²) in [4.78, 5) is 24.0. The topological polar surface area (TPSA) is 87.1 Å². The van der Waals surface area contributed by atoms with Gasteiger partial charge in [-0.25, -0.2) is 9.59 Å². The van der Waals surface area contributed by atoms with Crippen LogP contribution in [-0.4, -0.2) is 51.0 Å². The summed E-state index contributed by atoms with van der Waals surface area (Å²) in [5, 5.41) is 19.1. The Morgan fingerprint density at radius 3 is 2.44 bits per heavy atom. The molecule has 2 N–H and O–H groups in total. The van der Waals surface area contributed by atoms with Crippen LogP contribution in [0.25, 0.3) is 0 Å². The fourth-order valence-corrected chi connectivity index (χ4v) is 1.80. The summed E-state index contributed by atoms with van der Waals surface area (Å²) >= 11 is 0. The van der Waals surface area contributed by atoms with E-state index in [4.69, 9.17) is 9.84 Å². The molecular weight excluding hydrogens is 238 g/mol. The number of likely N-dealkylation sites (tertiary alicyclic amines) is 1. The maximum absolute atomic E-state index is 11.9. The van der Waals surface area contributed by atoms with Crippen LogP contribution in [0.3, 0.4) is 0 Å². The molecule has 1 saturated heterocycles. The third-order valence-electron chi connectivity index (χ3n) is 2.66. The summed E-state index contributed by atoms with van der Waals surface area (Å²) in [6, 6.07) is -1.09. The Labute approximate surface area is 106 Å². The first-order chi connectivity index (χ1) is 8.08. The maximum Gasteiger partial charge on any atom is 0.411 e. The molecule has 0 radical (unpaired) electrons. The number of rotatable bonds is 2. The van der Waals surface area contributed by atoms with E-state index in [0.29, 0.717) is 0 Å². The van der Waals surface area contributed by atoms with Crippen molar-refractivity contribution in [2.24, 2.45) is 0 Å². The number of hydrogen-bond acceptors (Lipinski definition) is 4. The van der Waals surface area contributed by atoms with Gasteiger partial charge in [0.05, 0.1) is 6.54 Å². The summed E-state index contributed by atoms with van der Waals surface area (Å²) < 4.78 is 5.12. The van der Waals surface area contributed by atoms with E-state index in [9.17, 15) is 14.7 Å². The van der Waals surface area contributed by atoms with Crippen molar-refractivity contribution >= 4 is 12.1 Å². The highest BCUT2D eigenvalue weighted by molar-refractivity contribution is 5.81. The quantitative estimate of drug-likeness (QED) is 0.720. The Kier molecular flexibility index (Phi) is 3.71. The molecule has 0 aliphatic carbocycles. The fraction of sp³-hybridized carbons (Fsp3) is 0.667. The van der Waals surface area contributed by atoms with Gasteiger partial charge in [0, 0.05) is 6.42 Å². The Hall–Kier alpha value is -1.56. The largest absolute Gasteiger partial charge is 0.480 e. The molecule has 0 spiro atoms. The lowest BCUT2D eigenvalue weighted by Gasteiger charge is -2.27. The van der Waals surface area contributed by atoms with Gasteiger partial charge in [-0.1, -0.05) is 6.08 Å². The number of carboxylic acids is 1. The standard InChI is InChI=1S/C12H19NO5/c1-5-12(17)6-8(9(14)15)13(7-12)10(16)18-11(2,3)4/h5,8,17H,1,6-7H2,2-4H3,(H,14,15)/t8-,12-/m1/s1. The zero-order valence-corrected chi connectivity index (χ0v) is 10.8. The summed E-state index contributed by atoms with van der Waals surface area (Å²) in [5.74, 6) is -1.17.